The lowest BCUT2D eigenvalue weighted by atomic mass is 10.2. The zero-order valence-electron chi connectivity index (χ0n) is 9.76. The Labute approximate surface area is 104 Å². The second kappa shape index (κ2) is 6.85. The van der Waals surface area contributed by atoms with E-state index in [-0.39, 0.29) is 18.8 Å². The number of thiophene rings is 1. The van der Waals surface area contributed by atoms with Crippen molar-refractivity contribution in [2.75, 3.05) is 13.2 Å². The molecular formula is C12H14O4S. The molecule has 0 unspecified atom stereocenters. The highest BCUT2D eigenvalue weighted by molar-refractivity contribution is 7.08. The van der Waals surface area contributed by atoms with E-state index in [4.69, 9.17) is 9.47 Å². The number of esters is 2. The molecule has 1 heterocycles. The Kier molecular flexibility index (Phi) is 5.42. The zero-order chi connectivity index (χ0) is 12.7. The SMILES string of the molecule is CCOC(=O)C(=Cc1ccsc1)C(=O)OCC. The number of hydrogen-bond acceptors (Lipinski definition) is 5. The van der Waals surface area contributed by atoms with Crippen LogP contribution in [0.4, 0.5) is 0 Å². The molecule has 0 aromatic carbocycles. The van der Waals surface area contributed by atoms with Crippen LogP contribution in [0.3, 0.4) is 0 Å². The molecule has 0 aliphatic rings. The van der Waals surface area contributed by atoms with Crippen molar-refractivity contribution in [3.63, 3.8) is 0 Å². The smallest absolute Gasteiger partial charge is 0.345 e. The van der Waals surface area contributed by atoms with Gasteiger partial charge < -0.3 is 9.47 Å². The van der Waals surface area contributed by atoms with Crippen molar-refractivity contribution in [3.8, 4) is 0 Å². The van der Waals surface area contributed by atoms with Crippen LogP contribution in [0.1, 0.15) is 19.4 Å². The van der Waals surface area contributed by atoms with E-state index in [0.717, 1.165) is 5.56 Å². The Morgan fingerprint density at radius 2 is 1.82 bits per heavy atom. The normalized spacial score (nSPS) is 9.53. The molecule has 1 rings (SSSR count). The first-order valence-corrected chi connectivity index (χ1v) is 6.21. The van der Waals surface area contributed by atoms with Crippen molar-refractivity contribution in [2.24, 2.45) is 0 Å². The number of rotatable bonds is 5. The molecule has 0 saturated carbocycles. The van der Waals surface area contributed by atoms with Crippen LogP contribution in [0.25, 0.3) is 6.08 Å². The molecule has 0 aliphatic heterocycles. The van der Waals surface area contributed by atoms with Gasteiger partial charge in [-0.25, -0.2) is 9.59 Å². The topological polar surface area (TPSA) is 52.6 Å². The van der Waals surface area contributed by atoms with Crippen LogP contribution in [0, 0.1) is 0 Å². The summed E-state index contributed by atoms with van der Waals surface area (Å²) in [4.78, 5) is 23.2. The molecule has 0 N–H and O–H groups in total. The lowest BCUT2D eigenvalue weighted by Crippen LogP contribution is -2.18. The van der Waals surface area contributed by atoms with Gasteiger partial charge in [-0.3, -0.25) is 0 Å². The molecule has 17 heavy (non-hydrogen) atoms. The largest absolute Gasteiger partial charge is 0.462 e. The van der Waals surface area contributed by atoms with Crippen molar-refractivity contribution in [1.29, 1.82) is 0 Å². The van der Waals surface area contributed by atoms with Gasteiger partial charge in [0.25, 0.3) is 0 Å². The summed E-state index contributed by atoms with van der Waals surface area (Å²) < 4.78 is 9.63. The van der Waals surface area contributed by atoms with Crippen LogP contribution in [0.2, 0.25) is 0 Å². The van der Waals surface area contributed by atoms with E-state index < -0.39 is 11.9 Å². The fraction of sp³-hybridized carbons (Fsp3) is 0.333. The fourth-order valence-corrected chi connectivity index (χ4v) is 1.76. The summed E-state index contributed by atoms with van der Waals surface area (Å²) in [5, 5.41) is 3.69. The predicted molar refractivity (Wildman–Crippen MR) is 65.6 cm³/mol. The fourth-order valence-electron chi connectivity index (χ4n) is 1.14. The van der Waals surface area contributed by atoms with E-state index in [0.29, 0.717) is 0 Å². The Bertz CT molecular complexity index is 386. The molecular weight excluding hydrogens is 240 g/mol. The molecule has 1 aromatic heterocycles. The second-order valence-electron chi connectivity index (χ2n) is 3.06. The quantitative estimate of drug-likeness (QED) is 0.350. The minimum Gasteiger partial charge on any atom is -0.462 e. The third kappa shape index (κ3) is 4.03. The van der Waals surface area contributed by atoms with E-state index in [9.17, 15) is 9.59 Å². The molecule has 1 aromatic rings. The van der Waals surface area contributed by atoms with Crippen molar-refractivity contribution >= 4 is 29.4 Å². The average Bonchev–Trinajstić information content (AvgIpc) is 2.79. The van der Waals surface area contributed by atoms with E-state index in [2.05, 4.69) is 0 Å². The third-order valence-corrected chi connectivity index (χ3v) is 2.55. The highest BCUT2D eigenvalue weighted by Crippen LogP contribution is 2.13. The Morgan fingerprint density at radius 3 is 2.24 bits per heavy atom. The van der Waals surface area contributed by atoms with Crippen LogP contribution in [0.5, 0.6) is 0 Å². The van der Waals surface area contributed by atoms with E-state index >= 15 is 0 Å². The van der Waals surface area contributed by atoms with E-state index in [1.807, 2.05) is 16.8 Å². The van der Waals surface area contributed by atoms with Gasteiger partial charge in [-0.2, -0.15) is 11.3 Å². The Morgan fingerprint density at radius 1 is 1.24 bits per heavy atom. The van der Waals surface area contributed by atoms with Gasteiger partial charge in [0, 0.05) is 0 Å². The summed E-state index contributed by atoms with van der Waals surface area (Å²) in [6.45, 7) is 3.81. The van der Waals surface area contributed by atoms with Crippen molar-refractivity contribution in [1.82, 2.24) is 0 Å². The standard InChI is InChI=1S/C12H14O4S/c1-3-15-11(13)10(12(14)16-4-2)7-9-5-6-17-8-9/h5-8H,3-4H2,1-2H3. The van der Waals surface area contributed by atoms with Gasteiger partial charge in [0.1, 0.15) is 5.57 Å². The molecule has 92 valence electrons. The molecule has 0 bridgehead atoms. The third-order valence-electron chi connectivity index (χ3n) is 1.84. The molecule has 0 saturated heterocycles. The molecule has 4 nitrogen and oxygen atoms in total. The molecule has 0 spiro atoms. The van der Waals surface area contributed by atoms with Gasteiger partial charge >= 0.3 is 11.9 Å². The average molecular weight is 254 g/mol. The number of carbonyl (C=O) groups excluding carboxylic acids is 2. The van der Waals surface area contributed by atoms with Gasteiger partial charge in [0.2, 0.25) is 0 Å². The summed E-state index contributed by atoms with van der Waals surface area (Å²) in [5.41, 5.74) is 0.707. The lowest BCUT2D eigenvalue weighted by molar-refractivity contribution is -0.146. The summed E-state index contributed by atoms with van der Waals surface area (Å²) in [6.07, 6.45) is 1.48. The molecule has 0 atom stereocenters. The van der Waals surface area contributed by atoms with E-state index in [1.165, 1.54) is 17.4 Å². The van der Waals surface area contributed by atoms with Crippen molar-refractivity contribution in [3.05, 3.63) is 28.0 Å². The van der Waals surface area contributed by atoms with Gasteiger partial charge in [0.05, 0.1) is 13.2 Å². The summed E-state index contributed by atoms with van der Waals surface area (Å²) in [6, 6.07) is 1.81. The monoisotopic (exact) mass is 254 g/mol. The first-order chi connectivity index (χ1) is 8.19. The number of carbonyl (C=O) groups is 2. The summed E-state index contributed by atoms with van der Waals surface area (Å²) in [5.74, 6) is -1.31. The van der Waals surface area contributed by atoms with Crippen LogP contribution in [-0.4, -0.2) is 25.2 Å². The maximum atomic E-state index is 11.6. The first-order valence-electron chi connectivity index (χ1n) is 5.27. The van der Waals surface area contributed by atoms with Gasteiger partial charge in [-0.15, -0.1) is 0 Å². The van der Waals surface area contributed by atoms with Crippen LogP contribution >= 0.6 is 11.3 Å². The van der Waals surface area contributed by atoms with Crippen molar-refractivity contribution in [2.45, 2.75) is 13.8 Å². The van der Waals surface area contributed by atoms with Gasteiger partial charge in [-0.1, -0.05) is 0 Å². The van der Waals surface area contributed by atoms with Gasteiger partial charge in [0.15, 0.2) is 0 Å². The summed E-state index contributed by atoms with van der Waals surface area (Å²) in [7, 11) is 0. The number of ether oxygens (including phenoxy) is 2. The minimum atomic E-state index is -0.655. The Hall–Kier alpha value is -1.62. The van der Waals surface area contributed by atoms with Crippen LogP contribution in [0.15, 0.2) is 22.4 Å². The lowest BCUT2D eigenvalue weighted by Gasteiger charge is -2.05. The van der Waals surface area contributed by atoms with Gasteiger partial charge in [-0.05, 0) is 42.3 Å². The molecule has 0 amide bonds. The first kappa shape index (κ1) is 13.4. The molecule has 0 radical (unpaired) electrons. The molecule has 0 fully saturated rings. The van der Waals surface area contributed by atoms with E-state index in [1.54, 1.807) is 13.8 Å². The predicted octanol–water partition coefficient (Wildman–Crippen LogP) is 2.26. The Balaban J connectivity index is 2.93. The number of hydrogen-bond donors (Lipinski definition) is 0. The second-order valence-corrected chi connectivity index (χ2v) is 3.84. The maximum Gasteiger partial charge on any atom is 0.345 e. The zero-order valence-corrected chi connectivity index (χ0v) is 10.6. The molecule has 0 aliphatic carbocycles. The molecule has 5 heteroatoms. The highest BCUT2D eigenvalue weighted by atomic mass is 32.1. The summed E-state index contributed by atoms with van der Waals surface area (Å²) >= 11 is 1.48. The minimum absolute atomic E-state index is 0.0768. The maximum absolute atomic E-state index is 11.6. The van der Waals surface area contributed by atoms with Crippen molar-refractivity contribution < 1.29 is 19.1 Å². The van der Waals surface area contributed by atoms with Crippen LogP contribution in [-0.2, 0) is 19.1 Å². The van der Waals surface area contributed by atoms with Crippen LogP contribution < -0.4 is 0 Å². The highest BCUT2D eigenvalue weighted by Gasteiger charge is 2.20.